The second-order valence-corrected chi connectivity index (χ2v) is 6.06. The number of pyridine rings is 1. The summed E-state index contributed by atoms with van der Waals surface area (Å²) in [5.41, 5.74) is 0. The lowest BCUT2D eigenvalue weighted by molar-refractivity contribution is 0.364. The predicted octanol–water partition coefficient (Wildman–Crippen LogP) is 1.03. The second-order valence-electron chi connectivity index (χ2n) is 3.52. The van der Waals surface area contributed by atoms with Crippen molar-refractivity contribution in [2.45, 2.75) is 11.8 Å². The van der Waals surface area contributed by atoms with Gasteiger partial charge < -0.3 is 5.32 Å². The van der Waals surface area contributed by atoms with Crippen molar-refractivity contribution < 1.29 is 8.42 Å². The minimum atomic E-state index is -3.61. The fourth-order valence-electron chi connectivity index (χ4n) is 1.22. The van der Waals surface area contributed by atoms with E-state index in [0.29, 0.717) is 16.8 Å². The normalized spacial score (nSPS) is 11.8. The number of sulfonamides is 1. The quantitative estimate of drug-likeness (QED) is 0.792. The van der Waals surface area contributed by atoms with Gasteiger partial charge in [0.05, 0.1) is 0 Å². The molecule has 0 radical (unpaired) electrons. The molecule has 0 aliphatic heterocycles. The number of hydrazine groups is 1. The molecule has 8 heteroatoms. The molecule has 17 heavy (non-hydrogen) atoms. The zero-order chi connectivity index (χ0) is 13.1. The average Bonchev–Trinajstić information content (AvgIpc) is 2.19. The Morgan fingerprint density at radius 2 is 2.12 bits per heavy atom. The van der Waals surface area contributed by atoms with Crippen molar-refractivity contribution in [2.24, 2.45) is 0 Å². The van der Waals surface area contributed by atoms with Crippen molar-refractivity contribution in [1.29, 1.82) is 0 Å². The summed E-state index contributed by atoms with van der Waals surface area (Å²) in [6.07, 6.45) is 1.55. The summed E-state index contributed by atoms with van der Waals surface area (Å²) in [6.45, 7) is 2.47. The Balaban J connectivity index is 3.23. The monoisotopic (exact) mass is 322 g/mol. The molecule has 0 bridgehead atoms. The third-order valence-electron chi connectivity index (χ3n) is 1.76. The SMILES string of the molecule is CCNc1ncc(Br)cc1S(=O)(=O)NN(C)C. The molecule has 0 aliphatic carbocycles. The van der Waals surface area contributed by atoms with Crippen LogP contribution in [-0.2, 0) is 10.0 Å². The van der Waals surface area contributed by atoms with Crippen molar-refractivity contribution in [1.82, 2.24) is 14.8 Å². The van der Waals surface area contributed by atoms with Gasteiger partial charge in [-0.05, 0) is 28.9 Å². The molecule has 1 aromatic rings. The fraction of sp³-hybridized carbons (Fsp3) is 0.444. The summed E-state index contributed by atoms with van der Waals surface area (Å²) in [4.78, 5) is 6.53. The third kappa shape index (κ3) is 3.91. The van der Waals surface area contributed by atoms with E-state index in [9.17, 15) is 8.42 Å². The molecule has 1 heterocycles. The first kappa shape index (κ1) is 14.4. The maximum absolute atomic E-state index is 12.0. The first-order chi connectivity index (χ1) is 7.86. The number of rotatable bonds is 5. The standard InChI is InChI=1S/C9H15BrN4O2S/c1-4-11-9-8(5-7(10)6-12-9)17(15,16)13-14(2)3/h5-6,13H,4H2,1-3H3,(H,11,12). The average molecular weight is 323 g/mol. The minimum absolute atomic E-state index is 0.113. The van der Waals surface area contributed by atoms with Crippen LogP contribution in [0.15, 0.2) is 21.6 Å². The maximum Gasteiger partial charge on any atom is 0.257 e. The van der Waals surface area contributed by atoms with Gasteiger partial charge in [0.2, 0.25) is 0 Å². The molecule has 0 amide bonds. The largest absolute Gasteiger partial charge is 0.369 e. The van der Waals surface area contributed by atoms with Gasteiger partial charge in [-0.2, -0.15) is 0 Å². The predicted molar refractivity (Wildman–Crippen MR) is 70.1 cm³/mol. The lowest BCUT2D eigenvalue weighted by Gasteiger charge is -2.15. The molecule has 0 spiro atoms. The number of nitrogens with zero attached hydrogens (tertiary/aromatic N) is 2. The topological polar surface area (TPSA) is 74.3 Å². The van der Waals surface area contributed by atoms with E-state index in [4.69, 9.17) is 0 Å². The minimum Gasteiger partial charge on any atom is -0.369 e. The van der Waals surface area contributed by atoms with Crippen molar-refractivity contribution >= 4 is 31.8 Å². The number of nitrogens with one attached hydrogen (secondary N) is 2. The molecule has 2 N–H and O–H groups in total. The molecular formula is C9H15BrN4O2S. The Morgan fingerprint density at radius 1 is 1.47 bits per heavy atom. The van der Waals surface area contributed by atoms with E-state index in [1.807, 2.05) is 6.92 Å². The van der Waals surface area contributed by atoms with Gasteiger partial charge in [-0.15, -0.1) is 4.83 Å². The van der Waals surface area contributed by atoms with E-state index in [2.05, 4.69) is 31.1 Å². The van der Waals surface area contributed by atoms with E-state index in [1.165, 1.54) is 11.1 Å². The summed E-state index contributed by atoms with van der Waals surface area (Å²) in [5, 5.41) is 4.28. The van der Waals surface area contributed by atoms with E-state index in [-0.39, 0.29) is 4.90 Å². The highest BCUT2D eigenvalue weighted by atomic mass is 79.9. The smallest absolute Gasteiger partial charge is 0.257 e. The Labute approximate surface area is 110 Å². The maximum atomic E-state index is 12.0. The van der Waals surface area contributed by atoms with Gasteiger partial charge in [-0.1, -0.05) is 0 Å². The van der Waals surface area contributed by atoms with Crippen molar-refractivity contribution in [3.63, 3.8) is 0 Å². The van der Waals surface area contributed by atoms with E-state index < -0.39 is 10.0 Å². The number of hydrogen-bond donors (Lipinski definition) is 2. The van der Waals surface area contributed by atoms with Crippen molar-refractivity contribution in [2.75, 3.05) is 26.0 Å². The second kappa shape index (κ2) is 5.76. The molecule has 0 aliphatic rings. The summed E-state index contributed by atoms with van der Waals surface area (Å²) < 4.78 is 24.7. The summed E-state index contributed by atoms with van der Waals surface area (Å²) in [7, 11) is -0.400. The number of hydrogen-bond acceptors (Lipinski definition) is 5. The van der Waals surface area contributed by atoms with Gasteiger partial charge in [0.25, 0.3) is 10.0 Å². The van der Waals surface area contributed by atoms with Crippen LogP contribution in [0.3, 0.4) is 0 Å². The molecule has 0 unspecified atom stereocenters. The van der Waals surface area contributed by atoms with Gasteiger partial charge in [-0.3, -0.25) is 0 Å². The molecule has 6 nitrogen and oxygen atoms in total. The van der Waals surface area contributed by atoms with E-state index in [0.717, 1.165) is 0 Å². The van der Waals surface area contributed by atoms with Crippen LogP contribution >= 0.6 is 15.9 Å². The van der Waals surface area contributed by atoms with Gasteiger partial charge in [-0.25, -0.2) is 18.4 Å². The third-order valence-corrected chi connectivity index (χ3v) is 3.69. The lowest BCUT2D eigenvalue weighted by Crippen LogP contribution is -2.36. The van der Waals surface area contributed by atoms with Crippen LogP contribution in [0, 0.1) is 0 Å². The Hall–Kier alpha value is -0.700. The molecule has 0 fully saturated rings. The summed E-state index contributed by atoms with van der Waals surface area (Å²) >= 11 is 3.21. The highest BCUT2D eigenvalue weighted by Crippen LogP contribution is 2.22. The molecule has 1 rings (SSSR count). The van der Waals surface area contributed by atoms with E-state index in [1.54, 1.807) is 20.3 Å². The van der Waals surface area contributed by atoms with Gasteiger partial charge in [0, 0.05) is 31.3 Å². The van der Waals surface area contributed by atoms with Gasteiger partial charge in [0.1, 0.15) is 10.7 Å². The van der Waals surface area contributed by atoms with Crippen LogP contribution < -0.4 is 10.1 Å². The van der Waals surface area contributed by atoms with Crippen LogP contribution in [0.25, 0.3) is 0 Å². The van der Waals surface area contributed by atoms with Crippen LogP contribution in [0.1, 0.15) is 6.92 Å². The fourth-order valence-corrected chi connectivity index (χ4v) is 2.94. The van der Waals surface area contributed by atoms with Crippen molar-refractivity contribution in [3.8, 4) is 0 Å². The lowest BCUT2D eigenvalue weighted by atomic mass is 10.4. The number of aromatic nitrogens is 1. The van der Waals surface area contributed by atoms with Crippen LogP contribution in [0.2, 0.25) is 0 Å². The molecule has 96 valence electrons. The Morgan fingerprint density at radius 3 is 2.65 bits per heavy atom. The van der Waals surface area contributed by atoms with Crippen LogP contribution in [-0.4, -0.2) is 39.1 Å². The van der Waals surface area contributed by atoms with Gasteiger partial charge >= 0.3 is 0 Å². The van der Waals surface area contributed by atoms with Gasteiger partial charge in [0.15, 0.2) is 0 Å². The number of halogens is 1. The van der Waals surface area contributed by atoms with Crippen molar-refractivity contribution in [3.05, 3.63) is 16.7 Å². The highest BCUT2D eigenvalue weighted by Gasteiger charge is 2.20. The first-order valence-electron chi connectivity index (χ1n) is 4.96. The van der Waals surface area contributed by atoms with E-state index >= 15 is 0 Å². The summed E-state index contributed by atoms with van der Waals surface area (Å²) in [6, 6.07) is 1.51. The molecule has 0 atom stereocenters. The Kier molecular flexibility index (Phi) is 4.87. The number of anilines is 1. The molecule has 1 aromatic heterocycles. The molecule has 0 saturated carbocycles. The van der Waals surface area contributed by atoms with Crippen LogP contribution in [0.4, 0.5) is 5.82 Å². The zero-order valence-electron chi connectivity index (χ0n) is 9.86. The molecule has 0 saturated heterocycles. The van der Waals surface area contributed by atoms with Crippen LogP contribution in [0.5, 0.6) is 0 Å². The highest BCUT2D eigenvalue weighted by molar-refractivity contribution is 9.10. The first-order valence-corrected chi connectivity index (χ1v) is 7.23. The summed E-state index contributed by atoms with van der Waals surface area (Å²) in [5.74, 6) is 0.338. The Bertz CT molecular complexity index is 490. The molecule has 0 aromatic carbocycles. The molecular weight excluding hydrogens is 308 g/mol. The zero-order valence-corrected chi connectivity index (χ0v) is 12.3.